The number of aromatic nitrogens is 4. The lowest BCUT2D eigenvalue weighted by Crippen LogP contribution is -1.98. The average molecular weight is 307 g/mol. The lowest BCUT2D eigenvalue weighted by molar-refractivity contribution is 0.366. The molecule has 0 radical (unpaired) electrons. The van der Waals surface area contributed by atoms with Crippen LogP contribution in [0.15, 0.2) is 41.7 Å². The fourth-order valence-corrected chi connectivity index (χ4v) is 2.68. The summed E-state index contributed by atoms with van der Waals surface area (Å²) in [6.07, 6.45) is 1.51. The van der Waals surface area contributed by atoms with Gasteiger partial charge in [0.15, 0.2) is 5.65 Å². The first-order valence-corrected chi connectivity index (χ1v) is 7.26. The van der Waals surface area contributed by atoms with Crippen molar-refractivity contribution in [3.63, 3.8) is 0 Å². The second kappa shape index (κ2) is 5.68. The molecule has 2 heterocycles. The number of methoxy groups -OCH3 is 1. The standard InChI is InChI=1S/C13H11ClN4OS/c1-19-13-15-7-10(14)11-16-12(17-18(11)13)20-8-9-5-3-2-4-6-9/h2-7H,8H2,1H3. The van der Waals surface area contributed by atoms with Crippen LogP contribution in [0.5, 0.6) is 6.01 Å². The normalized spacial score (nSPS) is 10.9. The highest BCUT2D eigenvalue weighted by Crippen LogP contribution is 2.24. The zero-order valence-corrected chi connectivity index (χ0v) is 12.2. The van der Waals surface area contributed by atoms with E-state index in [1.54, 1.807) is 11.8 Å². The smallest absolute Gasteiger partial charge is 0.319 e. The Morgan fingerprint density at radius 2 is 2.10 bits per heavy atom. The summed E-state index contributed by atoms with van der Waals surface area (Å²) >= 11 is 7.61. The number of halogens is 1. The molecular weight excluding hydrogens is 296 g/mol. The molecule has 0 bridgehead atoms. The summed E-state index contributed by atoms with van der Waals surface area (Å²) in [7, 11) is 1.54. The van der Waals surface area contributed by atoms with Crippen molar-refractivity contribution in [1.82, 2.24) is 19.6 Å². The Labute approximate surface area is 125 Å². The maximum Gasteiger partial charge on any atom is 0.319 e. The van der Waals surface area contributed by atoms with Gasteiger partial charge in [0.1, 0.15) is 5.02 Å². The summed E-state index contributed by atoms with van der Waals surface area (Å²) in [6.45, 7) is 0. The van der Waals surface area contributed by atoms with Crippen molar-refractivity contribution in [3.05, 3.63) is 47.1 Å². The van der Waals surface area contributed by atoms with Gasteiger partial charge in [0.25, 0.3) is 0 Å². The third kappa shape index (κ3) is 2.57. The predicted octanol–water partition coefficient (Wildman–Crippen LogP) is 3.08. The molecule has 0 aliphatic heterocycles. The summed E-state index contributed by atoms with van der Waals surface area (Å²) in [5, 5.41) is 5.45. The van der Waals surface area contributed by atoms with Gasteiger partial charge in [-0.25, -0.2) is 4.98 Å². The van der Waals surface area contributed by atoms with Gasteiger partial charge in [0, 0.05) is 5.75 Å². The van der Waals surface area contributed by atoms with Crippen molar-refractivity contribution in [2.45, 2.75) is 10.9 Å². The van der Waals surface area contributed by atoms with E-state index in [2.05, 4.69) is 27.2 Å². The SMILES string of the molecule is COc1ncc(Cl)c2nc(SCc3ccccc3)nn12. The number of hydrogen-bond donors (Lipinski definition) is 0. The highest BCUT2D eigenvalue weighted by molar-refractivity contribution is 7.98. The molecular formula is C13H11ClN4OS. The monoisotopic (exact) mass is 306 g/mol. The van der Waals surface area contributed by atoms with Crippen LogP contribution in [0.4, 0.5) is 0 Å². The number of thioether (sulfide) groups is 1. The zero-order valence-electron chi connectivity index (χ0n) is 10.7. The van der Waals surface area contributed by atoms with Crippen LogP contribution in [-0.2, 0) is 5.75 Å². The first-order chi connectivity index (χ1) is 9.78. The Balaban J connectivity index is 1.88. The average Bonchev–Trinajstić information content (AvgIpc) is 2.92. The molecule has 102 valence electrons. The number of nitrogens with zero attached hydrogens (tertiary/aromatic N) is 4. The van der Waals surface area contributed by atoms with Crippen LogP contribution in [0.1, 0.15) is 5.56 Å². The quantitative estimate of drug-likeness (QED) is 0.693. The van der Waals surface area contributed by atoms with E-state index < -0.39 is 0 Å². The van der Waals surface area contributed by atoms with Crippen LogP contribution in [-0.4, -0.2) is 26.7 Å². The summed E-state index contributed by atoms with van der Waals surface area (Å²) in [5.74, 6) is 0.797. The second-order valence-corrected chi connectivity index (χ2v) is 5.35. The van der Waals surface area contributed by atoms with E-state index in [9.17, 15) is 0 Å². The maximum absolute atomic E-state index is 6.07. The highest BCUT2D eigenvalue weighted by atomic mass is 35.5. The molecule has 5 nitrogen and oxygen atoms in total. The van der Waals surface area contributed by atoms with E-state index >= 15 is 0 Å². The molecule has 0 saturated carbocycles. The lowest BCUT2D eigenvalue weighted by Gasteiger charge is -2.00. The molecule has 0 aliphatic carbocycles. The summed E-state index contributed by atoms with van der Waals surface area (Å²) in [4.78, 5) is 8.45. The summed E-state index contributed by atoms with van der Waals surface area (Å²) in [5.41, 5.74) is 1.77. The molecule has 1 aromatic carbocycles. The summed E-state index contributed by atoms with van der Waals surface area (Å²) in [6, 6.07) is 10.5. The van der Waals surface area contributed by atoms with Crippen molar-refractivity contribution < 1.29 is 4.74 Å². The van der Waals surface area contributed by atoms with Crippen LogP contribution in [0.2, 0.25) is 5.02 Å². The predicted molar refractivity (Wildman–Crippen MR) is 78.3 cm³/mol. The zero-order chi connectivity index (χ0) is 13.9. The minimum atomic E-state index is 0.364. The van der Waals surface area contributed by atoms with Gasteiger partial charge in [-0.1, -0.05) is 53.7 Å². The van der Waals surface area contributed by atoms with Crippen molar-refractivity contribution in [1.29, 1.82) is 0 Å². The van der Waals surface area contributed by atoms with E-state index in [0.717, 1.165) is 5.75 Å². The Kier molecular flexibility index (Phi) is 3.75. The molecule has 0 spiro atoms. The molecule has 0 fully saturated rings. The fraction of sp³-hybridized carbons (Fsp3) is 0.154. The van der Waals surface area contributed by atoms with E-state index in [1.807, 2.05) is 18.2 Å². The van der Waals surface area contributed by atoms with E-state index in [4.69, 9.17) is 16.3 Å². The first-order valence-electron chi connectivity index (χ1n) is 5.90. The number of rotatable bonds is 4. The van der Waals surface area contributed by atoms with Gasteiger partial charge in [-0.05, 0) is 5.56 Å². The van der Waals surface area contributed by atoms with Gasteiger partial charge in [-0.3, -0.25) is 0 Å². The van der Waals surface area contributed by atoms with Gasteiger partial charge in [0.2, 0.25) is 5.16 Å². The third-order valence-electron chi connectivity index (χ3n) is 2.66. The van der Waals surface area contributed by atoms with E-state index in [1.165, 1.54) is 23.4 Å². The maximum atomic E-state index is 6.07. The Morgan fingerprint density at radius 3 is 2.85 bits per heavy atom. The topological polar surface area (TPSA) is 52.3 Å². The third-order valence-corrected chi connectivity index (χ3v) is 3.84. The van der Waals surface area contributed by atoms with Crippen LogP contribution < -0.4 is 4.74 Å². The molecule has 0 unspecified atom stereocenters. The van der Waals surface area contributed by atoms with E-state index in [-0.39, 0.29) is 0 Å². The van der Waals surface area contributed by atoms with Crippen molar-refractivity contribution in [3.8, 4) is 6.01 Å². The molecule has 0 atom stereocenters. The van der Waals surface area contributed by atoms with Gasteiger partial charge in [-0.15, -0.1) is 5.10 Å². The molecule has 3 rings (SSSR count). The van der Waals surface area contributed by atoms with Crippen molar-refractivity contribution in [2.75, 3.05) is 7.11 Å². The van der Waals surface area contributed by atoms with Gasteiger partial charge in [0.05, 0.1) is 13.3 Å². The highest BCUT2D eigenvalue weighted by Gasteiger charge is 2.12. The second-order valence-electron chi connectivity index (χ2n) is 4.00. The number of hydrogen-bond acceptors (Lipinski definition) is 5. The molecule has 20 heavy (non-hydrogen) atoms. The Bertz CT molecular complexity index is 732. The number of ether oxygens (including phenoxy) is 1. The molecule has 0 aliphatic rings. The Hall–Kier alpha value is -1.79. The van der Waals surface area contributed by atoms with Gasteiger partial charge < -0.3 is 4.74 Å². The molecule has 2 aromatic heterocycles. The van der Waals surface area contributed by atoms with Crippen LogP contribution in [0.3, 0.4) is 0 Å². The number of fused-ring (bicyclic) bond motifs is 1. The molecule has 0 amide bonds. The van der Waals surface area contributed by atoms with Crippen molar-refractivity contribution in [2.24, 2.45) is 0 Å². The van der Waals surface area contributed by atoms with Crippen LogP contribution >= 0.6 is 23.4 Å². The lowest BCUT2D eigenvalue weighted by atomic mass is 10.2. The largest absolute Gasteiger partial charge is 0.467 e. The fourth-order valence-electron chi connectivity index (χ4n) is 1.73. The molecule has 0 N–H and O–H groups in total. The Morgan fingerprint density at radius 1 is 1.30 bits per heavy atom. The minimum Gasteiger partial charge on any atom is -0.467 e. The minimum absolute atomic E-state index is 0.364. The summed E-state index contributed by atoms with van der Waals surface area (Å²) < 4.78 is 6.65. The van der Waals surface area contributed by atoms with Crippen LogP contribution in [0.25, 0.3) is 5.65 Å². The molecule has 0 saturated heterocycles. The number of benzene rings is 1. The molecule has 3 aromatic rings. The first kappa shape index (κ1) is 13.2. The van der Waals surface area contributed by atoms with Gasteiger partial charge in [-0.2, -0.15) is 9.50 Å². The van der Waals surface area contributed by atoms with Crippen molar-refractivity contribution >= 4 is 29.0 Å². The molecule has 7 heteroatoms. The van der Waals surface area contributed by atoms with Crippen LogP contribution in [0, 0.1) is 0 Å². The van der Waals surface area contributed by atoms with Gasteiger partial charge >= 0.3 is 6.01 Å². The van der Waals surface area contributed by atoms with E-state index in [0.29, 0.717) is 21.8 Å².